The maximum absolute atomic E-state index is 11.8. The van der Waals surface area contributed by atoms with E-state index >= 15 is 0 Å². The van der Waals surface area contributed by atoms with Crippen LogP contribution in [0.2, 0.25) is 0 Å². The Morgan fingerprint density at radius 3 is 2.67 bits per heavy atom. The van der Waals surface area contributed by atoms with Gasteiger partial charge in [-0.3, -0.25) is 4.79 Å². The van der Waals surface area contributed by atoms with Crippen LogP contribution in [0.25, 0.3) is 0 Å². The molecule has 0 aromatic carbocycles. The van der Waals surface area contributed by atoms with Crippen molar-refractivity contribution in [3.8, 4) is 0 Å². The Hall–Kier alpha value is -1.30. The summed E-state index contributed by atoms with van der Waals surface area (Å²) in [6.07, 6.45) is 0.631. The van der Waals surface area contributed by atoms with Gasteiger partial charge in [-0.15, -0.1) is 0 Å². The molecule has 1 unspecified atom stereocenters. The van der Waals surface area contributed by atoms with Gasteiger partial charge in [-0.1, -0.05) is 0 Å². The van der Waals surface area contributed by atoms with Crippen molar-refractivity contribution < 1.29 is 19.4 Å². The lowest BCUT2D eigenvalue weighted by atomic mass is 10.2. The number of carbonyl (C=O) groups excluding carboxylic acids is 1. The number of hydrogen-bond donors (Lipinski definition) is 2. The molecule has 1 heterocycles. The highest BCUT2D eigenvalue weighted by Gasteiger charge is 2.29. The molecule has 1 saturated heterocycles. The van der Waals surface area contributed by atoms with Crippen molar-refractivity contribution in [2.24, 2.45) is 0 Å². The summed E-state index contributed by atoms with van der Waals surface area (Å²) in [5.41, 5.74) is -0.480. The fourth-order valence-corrected chi connectivity index (χ4v) is 1.80. The first-order valence-corrected chi connectivity index (χ1v) is 6.21. The second-order valence-electron chi connectivity index (χ2n) is 5.51. The van der Waals surface area contributed by atoms with Gasteiger partial charge in [0, 0.05) is 25.7 Å². The summed E-state index contributed by atoms with van der Waals surface area (Å²) in [4.78, 5) is 23.8. The largest absolute Gasteiger partial charge is 0.481 e. The summed E-state index contributed by atoms with van der Waals surface area (Å²) in [6.45, 7) is 7.17. The molecular formula is C12H22N2O4. The van der Waals surface area contributed by atoms with Crippen molar-refractivity contribution in [3.63, 3.8) is 0 Å². The summed E-state index contributed by atoms with van der Waals surface area (Å²) in [5.74, 6) is -0.815. The highest BCUT2D eigenvalue weighted by atomic mass is 16.6. The first kappa shape index (κ1) is 14.8. The summed E-state index contributed by atoms with van der Waals surface area (Å²) >= 11 is 0. The first-order valence-electron chi connectivity index (χ1n) is 6.21. The number of carboxylic acids is 1. The molecule has 1 fully saturated rings. The van der Waals surface area contributed by atoms with E-state index in [4.69, 9.17) is 9.84 Å². The molecule has 1 atom stereocenters. The average molecular weight is 258 g/mol. The molecule has 0 radical (unpaired) electrons. The van der Waals surface area contributed by atoms with Gasteiger partial charge in [0.05, 0.1) is 6.42 Å². The number of amides is 1. The van der Waals surface area contributed by atoms with Crippen LogP contribution in [0.15, 0.2) is 0 Å². The molecule has 0 aromatic heterocycles. The summed E-state index contributed by atoms with van der Waals surface area (Å²) < 4.78 is 5.28. The molecule has 0 bridgehead atoms. The number of nitrogens with one attached hydrogen (secondary N) is 1. The number of carboxylic acid groups (broad SMARTS) is 1. The zero-order valence-electron chi connectivity index (χ0n) is 11.2. The SMILES string of the molecule is CC(C)(C)OC(=O)N1CCC(NCCC(=O)O)C1. The smallest absolute Gasteiger partial charge is 0.410 e. The minimum atomic E-state index is -0.815. The monoisotopic (exact) mass is 258 g/mol. The molecule has 1 aliphatic rings. The third-order valence-electron chi connectivity index (χ3n) is 2.61. The average Bonchev–Trinajstić information content (AvgIpc) is 2.63. The van der Waals surface area contributed by atoms with Gasteiger partial charge in [-0.05, 0) is 27.2 Å². The van der Waals surface area contributed by atoms with E-state index in [1.807, 2.05) is 20.8 Å². The van der Waals surface area contributed by atoms with Crippen molar-refractivity contribution in [1.82, 2.24) is 10.2 Å². The first-order chi connectivity index (χ1) is 8.28. The minimum absolute atomic E-state index is 0.100. The molecule has 6 nitrogen and oxygen atoms in total. The Morgan fingerprint density at radius 2 is 2.11 bits per heavy atom. The molecule has 6 heteroatoms. The van der Waals surface area contributed by atoms with Crippen molar-refractivity contribution in [3.05, 3.63) is 0 Å². The van der Waals surface area contributed by atoms with Gasteiger partial charge in [-0.25, -0.2) is 4.79 Å². The quantitative estimate of drug-likeness (QED) is 0.788. The van der Waals surface area contributed by atoms with Gasteiger partial charge < -0.3 is 20.1 Å². The number of likely N-dealkylation sites (tertiary alicyclic amines) is 1. The number of nitrogens with zero attached hydrogens (tertiary/aromatic N) is 1. The van der Waals surface area contributed by atoms with E-state index in [-0.39, 0.29) is 18.6 Å². The van der Waals surface area contributed by atoms with E-state index < -0.39 is 11.6 Å². The van der Waals surface area contributed by atoms with Gasteiger partial charge in [0.15, 0.2) is 0 Å². The van der Waals surface area contributed by atoms with Crippen LogP contribution in [0.1, 0.15) is 33.6 Å². The van der Waals surface area contributed by atoms with Crippen LogP contribution in [0.5, 0.6) is 0 Å². The third kappa shape index (κ3) is 5.35. The predicted octanol–water partition coefficient (Wildman–Crippen LogP) is 1.06. The van der Waals surface area contributed by atoms with Gasteiger partial charge in [0.1, 0.15) is 5.60 Å². The summed E-state index contributed by atoms with van der Waals surface area (Å²) in [7, 11) is 0. The number of rotatable bonds is 4. The predicted molar refractivity (Wildman–Crippen MR) is 66.5 cm³/mol. The fourth-order valence-electron chi connectivity index (χ4n) is 1.80. The van der Waals surface area contributed by atoms with Crippen molar-refractivity contribution in [2.45, 2.75) is 45.3 Å². The van der Waals surface area contributed by atoms with Crippen LogP contribution in [-0.2, 0) is 9.53 Å². The van der Waals surface area contributed by atoms with Gasteiger partial charge in [-0.2, -0.15) is 0 Å². The Labute approximate surface area is 107 Å². The lowest BCUT2D eigenvalue weighted by Crippen LogP contribution is -2.38. The molecule has 0 spiro atoms. The van der Waals surface area contributed by atoms with Crippen LogP contribution >= 0.6 is 0 Å². The Morgan fingerprint density at radius 1 is 1.44 bits per heavy atom. The highest BCUT2D eigenvalue weighted by molar-refractivity contribution is 5.68. The van der Waals surface area contributed by atoms with Gasteiger partial charge in [0.2, 0.25) is 0 Å². The molecule has 18 heavy (non-hydrogen) atoms. The van der Waals surface area contributed by atoms with E-state index in [2.05, 4.69) is 5.32 Å². The maximum atomic E-state index is 11.8. The van der Waals surface area contributed by atoms with Gasteiger partial charge in [0.25, 0.3) is 0 Å². The van der Waals surface area contributed by atoms with E-state index in [9.17, 15) is 9.59 Å². The zero-order valence-corrected chi connectivity index (χ0v) is 11.2. The van der Waals surface area contributed by atoms with Crippen molar-refractivity contribution in [1.29, 1.82) is 0 Å². The van der Waals surface area contributed by atoms with Crippen molar-refractivity contribution in [2.75, 3.05) is 19.6 Å². The van der Waals surface area contributed by atoms with E-state index in [1.165, 1.54) is 0 Å². The van der Waals surface area contributed by atoms with Crippen LogP contribution in [0.4, 0.5) is 4.79 Å². The number of aliphatic carboxylic acids is 1. The normalized spacial score (nSPS) is 19.9. The minimum Gasteiger partial charge on any atom is -0.481 e. The standard InChI is InChI=1S/C12H22N2O4/c1-12(2,3)18-11(17)14-7-5-9(8-14)13-6-4-10(15)16/h9,13H,4-8H2,1-3H3,(H,15,16). The van der Waals surface area contributed by atoms with E-state index in [1.54, 1.807) is 4.90 Å². The molecule has 0 aliphatic carbocycles. The van der Waals surface area contributed by atoms with Crippen LogP contribution in [0, 0.1) is 0 Å². The van der Waals surface area contributed by atoms with Gasteiger partial charge >= 0.3 is 12.1 Å². The fraction of sp³-hybridized carbons (Fsp3) is 0.833. The van der Waals surface area contributed by atoms with Crippen LogP contribution in [0.3, 0.4) is 0 Å². The molecule has 2 N–H and O–H groups in total. The van der Waals surface area contributed by atoms with E-state index in [0.29, 0.717) is 19.6 Å². The number of carbonyl (C=O) groups is 2. The summed E-state index contributed by atoms with van der Waals surface area (Å²) in [6, 6.07) is 0.164. The lowest BCUT2D eigenvalue weighted by Gasteiger charge is -2.24. The molecule has 1 amide bonds. The molecular weight excluding hydrogens is 236 g/mol. The Balaban J connectivity index is 2.28. The lowest BCUT2D eigenvalue weighted by molar-refractivity contribution is -0.136. The molecule has 104 valence electrons. The molecule has 1 rings (SSSR count). The third-order valence-corrected chi connectivity index (χ3v) is 2.61. The number of ether oxygens (including phenoxy) is 1. The Bertz CT molecular complexity index is 312. The van der Waals surface area contributed by atoms with Crippen molar-refractivity contribution >= 4 is 12.1 Å². The summed E-state index contributed by atoms with van der Waals surface area (Å²) in [5, 5.41) is 11.7. The molecule has 0 saturated carbocycles. The molecule has 1 aliphatic heterocycles. The van der Waals surface area contributed by atoms with Crippen LogP contribution < -0.4 is 5.32 Å². The Kier molecular flexibility index (Phi) is 4.95. The van der Waals surface area contributed by atoms with E-state index in [0.717, 1.165) is 6.42 Å². The second-order valence-corrected chi connectivity index (χ2v) is 5.51. The zero-order chi connectivity index (χ0) is 13.8. The highest BCUT2D eigenvalue weighted by Crippen LogP contribution is 2.15. The van der Waals surface area contributed by atoms with Crippen LogP contribution in [-0.4, -0.2) is 53.3 Å². The molecule has 0 aromatic rings. The second kappa shape index (κ2) is 6.04. The maximum Gasteiger partial charge on any atom is 0.410 e. The topological polar surface area (TPSA) is 78.9 Å². The number of hydrogen-bond acceptors (Lipinski definition) is 4.